The molecule has 2 atom stereocenters. The van der Waals surface area contributed by atoms with Crippen LogP contribution in [0.15, 0.2) is 29.3 Å². The molecule has 2 N–H and O–H groups in total. The SMILES string of the molecule is CCNC(=NCc1ccc(C#N)cc1)NCC1CCCOC1C(C)(C)C.I. The molecular weight excluding hydrogens is 451 g/mol. The van der Waals surface area contributed by atoms with E-state index in [4.69, 9.17) is 10.00 Å². The molecule has 27 heavy (non-hydrogen) atoms. The summed E-state index contributed by atoms with van der Waals surface area (Å²) in [7, 11) is 0. The van der Waals surface area contributed by atoms with Crippen molar-refractivity contribution in [2.75, 3.05) is 19.7 Å². The highest BCUT2D eigenvalue weighted by molar-refractivity contribution is 14.0. The van der Waals surface area contributed by atoms with Gasteiger partial charge >= 0.3 is 0 Å². The van der Waals surface area contributed by atoms with Crippen LogP contribution in [0.4, 0.5) is 0 Å². The van der Waals surface area contributed by atoms with E-state index in [-0.39, 0.29) is 35.5 Å². The van der Waals surface area contributed by atoms with Gasteiger partial charge in [-0.25, -0.2) is 4.99 Å². The summed E-state index contributed by atoms with van der Waals surface area (Å²) < 4.78 is 6.07. The summed E-state index contributed by atoms with van der Waals surface area (Å²) in [5.41, 5.74) is 1.91. The van der Waals surface area contributed by atoms with Crippen LogP contribution in [0.3, 0.4) is 0 Å². The topological polar surface area (TPSA) is 69.4 Å². The first-order chi connectivity index (χ1) is 12.4. The quantitative estimate of drug-likeness (QED) is 0.376. The first-order valence-electron chi connectivity index (χ1n) is 9.57. The summed E-state index contributed by atoms with van der Waals surface area (Å²) in [5.74, 6) is 1.32. The third-order valence-corrected chi connectivity index (χ3v) is 4.68. The van der Waals surface area contributed by atoms with Gasteiger partial charge in [-0.2, -0.15) is 5.26 Å². The molecule has 0 aromatic heterocycles. The minimum atomic E-state index is 0. The fourth-order valence-corrected chi connectivity index (χ4v) is 3.43. The summed E-state index contributed by atoms with van der Waals surface area (Å²) in [4.78, 5) is 4.68. The van der Waals surface area contributed by atoms with E-state index >= 15 is 0 Å². The van der Waals surface area contributed by atoms with Gasteiger partial charge in [-0.15, -0.1) is 24.0 Å². The molecule has 0 spiro atoms. The van der Waals surface area contributed by atoms with Crippen LogP contribution in [-0.4, -0.2) is 31.8 Å². The van der Waals surface area contributed by atoms with E-state index in [2.05, 4.69) is 49.4 Å². The van der Waals surface area contributed by atoms with Crippen LogP contribution < -0.4 is 10.6 Å². The lowest BCUT2D eigenvalue weighted by atomic mass is 9.78. The molecule has 0 radical (unpaired) electrons. The minimum absolute atomic E-state index is 0. The Morgan fingerprint density at radius 2 is 1.96 bits per heavy atom. The second-order valence-electron chi connectivity index (χ2n) is 7.94. The van der Waals surface area contributed by atoms with Crippen molar-refractivity contribution in [2.45, 2.75) is 53.2 Å². The van der Waals surface area contributed by atoms with E-state index in [1.807, 2.05) is 24.3 Å². The molecule has 2 unspecified atom stereocenters. The van der Waals surface area contributed by atoms with Gasteiger partial charge in [-0.05, 0) is 42.9 Å². The van der Waals surface area contributed by atoms with Gasteiger partial charge in [-0.1, -0.05) is 32.9 Å². The van der Waals surface area contributed by atoms with E-state index in [1.54, 1.807) is 0 Å². The van der Waals surface area contributed by atoms with Crippen LogP contribution in [0.2, 0.25) is 0 Å². The summed E-state index contributed by atoms with van der Waals surface area (Å²) in [6.45, 7) is 12.0. The van der Waals surface area contributed by atoms with Crippen LogP contribution in [0.1, 0.15) is 51.7 Å². The summed E-state index contributed by atoms with van der Waals surface area (Å²) in [6, 6.07) is 9.71. The minimum Gasteiger partial charge on any atom is -0.377 e. The molecule has 0 bridgehead atoms. The highest BCUT2D eigenvalue weighted by Crippen LogP contribution is 2.33. The van der Waals surface area contributed by atoms with Crippen LogP contribution in [0, 0.1) is 22.7 Å². The Morgan fingerprint density at radius 1 is 1.26 bits per heavy atom. The molecular formula is C21H33IN4O. The number of ether oxygens (including phenoxy) is 1. The van der Waals surface area contributed by atoms with Crippen LogP contribution in [0.5, 0.6) is 0 Å². The second-order valence-corrected chi connectivity index (χ2v) is 7.94. The zero-order valence-corrected chi connectivity index (χ0v) is 19.2. The van der Waals surface area contributed by atoms with Crippen LogP contribution in [0.25, 0.3) is 0 Å². The second kappa shape index (κ2) is 11.5. The van der Waals surface area contributed by atoms with Crippen molar-refractivity contribution in [2.24, 2.45) is 16.3 Å². The maximum absolute atomic E-state index is 8.88. The predicted molar refractivity (Wildman–Crippen MR) is 121 cm³/mol. The third kappa shape index (κ3) is 7.67. The number of nitrogens with zero attached hydrogens (tertiary/aromatic N) is 2. The Kier molecular flexibility index (Phi) is 10.1. The van der Waals surface area contributed by atoms with Gasteiger partial charge in [0, 0.05) is 25.6 Å². The number of halogens is 1. The third-order valence-electron chi connectivity index (χ3n) is 4.68. The number of rotatable bonds is 5. The summed E-state index contributed by atoms with van der Waals surface area (Å²) in [5, 5.41) is 15.7. The van der Waals surface area contributed by atoms with Gasteiger partial charge in [0.05, 0.1) is 24.3 Å². The molecule has 0 saturated carbocycles. The first-order valence-corrected chi connectivity index (χ1v) is 9.57. The Bertz CT molecular complexity index is 631. The Morgan fingerprint density at radius 3 is 2.56 bits per heavy atom. The van der Waals surface area contributed by atoms with Crippen molar-refractivity contribution in [1.29, 1.82) is 5.26 Å². The maximum Gasteiger partial charge on any atom is 0.191 e. The van der Waals surface area contributed by atoms with Crippen molar-refractivity contribution in [3.8, 4) is 6.07 Å². The number of benzene rings is 1. The van der Waals surface area contributed by atoms with Gasteiger partial charge < -0.3 is 15.4 Å². The zero-order valence-electron chi connectivity index (χ0n) is 16.9. The lowest BCUT2D eigenvalue weighted by molar-refractivity contribution is -0.0835. The van der Waals surface area contributed by atoms with Crippen molar-refractivity contribution in [3.05, 3.63) is 35.4 Å². The number of hydrogen-bond acceptors (Lipinski definition) is 3. The lowest BCUT2D eigenvalue weighted by Crippen LogP contribution is -2.47. The number of hydrogen-bond donors (Lipinski definition) is 2. The number of nitriles is 1. The van der Waals surface area contributed by atoms with E-state index in [0.717, 1.165) is 37.6 Å². The largest absolute Gasteiger partial charge is 0.377 e. The number of aliphatic imine (C=N–C) groups is 1. The van der Waals surface area contributed by atoms with Crippen molar-refractivity contribution >= 4 is 29.9 Å². The highest BCUT2D eigenvalue weighted by Gasteiger charge is 2.35. The molecule has 5 nitrogen and oxygen atoms in total. The standard InChI is InChI=1S/C21H32N4O.HI/c1-5-23-20(24-14-17-10-8-16(13-22)9-11-17)25-15-18-7-6-12-26-19(18)21(2,3)4;/h8-11,18-19H,5-7,12,14-15H2,1-4H3,(H2,23,24,25);1H. The Labute approximate surface area is 181 Å². The van der Waals surface area contributed by atoms with Gasteiger partial charge in [0.2, 0.25) is 0 Å². The first kappa shape index (κ1) is 23.7. The fraction of sp³-hybridized carbons (Fsp3) is 0.619. The lowest BCUT2D eigenvalue weighted by Gasteiger charge is -2.40. The summed E-state index contributed by atoms with van der Waals surface area (Å²) >= 11 is 0. The molecule has 2 rings (SSSR count). The molecule has 1 aliphatic heterocycles. The van der Waals surface area contributed by atoms with Gasteiger partial charge in [0.25, 0.3) is 0 Å². The fourth-order valence-electron chi connectivity index (χ4n) is 3.43. The van der Waals surface area contributed by atoms with Gasteiger partial charge in [0.1, 0.15) is 0 Å². The molecule has 1 aliphatic rings. The Hall–Kier alpha value is -1.33. The molecule has 1 aromatic rings. The van der Waals surface area contributed by atoms with E-state index in [9.17, 15) is 0 Å². The van der Waals surface area contributed by atoms with Crippen molar-refractivity contribution in [3.63, 3.8) is 0 Å². The maximum atomic E-state index is 8.88. The van der Waals surface area contributed by atoms with E-state index < -0.39 is 0 Å². The average molecular weight is 484 g/mol. The average Bonchev–Trinajstić information content (AvgIpc) is 2.64. The molecule has 0 amide bonds. The Balaban J connectivity index is 0.00000364. The molecule has 150 valence electrons. The molecule has 6 heteroatoms. The molecule has 1 fully saturated rings. The number of nitrogens with one attached hydrogen (secondary N) is 2. The highest BCUT2D eigenvalue weighted by atomic mass is 127. The monoisotopic (exact) mass is 484 g/mol. The summed E-state index contributed by atoms with van der Waals surface area (Å²) in [6.07, 6.45) is 2.58. The van der Waals surface area contributed by atoms with Crippen LogP contribution in [-0.2, 0) is 11.3 Å². The molecule has 0 aliphatic carbocycles. The number of guanidine groups is 1. The molecule has 1 saturated heterocycles. The zero-order chi connectivity index (χ0) is 19.0. The normalized spacial score (nSPS) is 20.3. The predicted octanol–water partition coefficient (Wildman–Crippen LogP) is 4.07. The molecule has 1 heterocycles. The van der Waals surface area contributed by atoms with Gasteiger partial charge in [-0.3, -0.25) is 0 Å². The van der Waals surface area contributed by atoms with E-state index in [0.29, 0.717) is 18.0 Å². The molecule has 1 aromatic carbocycles. The van der Waals surface area contributed by atoms with Gasteiger partial charge in [0.15, 0.2) is 5.96 Å². The van der Waals surface area contributed by atoms with Crippen molar-refractivity contribution < 1.29 is 4.74 Å². The van der Waals surface area contributed by atoms with Crippen molar-refractivity contribution in [1.82, 2.24) is 10.6 Å². The smallest absolute Gasteiger partial charge is 0.191 e. The van der Waals surface area contributed by atoms with Crippen LogP contribution >= 0.6 is 24.0 Å². The van der Waals surface area contributed by atoms with E-state index in [1.165, 1.54) is 6.42 Å².